The van der Waals surface area contributed by atoms with Crippen LogP contribution in [0.4, 0.5) is 11.4 Å². The maximum absolute atomic E-state index is 12.1. The second-order valence-electron chi connectivity index (χ2n) is 4.80. The average molecular weight is 398 g/mol. The number of halogens is 1. The van der Waals surface area contributed by atoms with Gasteiger partial charge in [-0.15, -0.1) is 0 Å². The summed E-state index contributed by atoms with van der Waals surface area (Å²) < 4.78 is 0.691. The second-order valence-corrected chi connectivity index (χ2v) is 5.66. The number of nitrogens with zero attached hydrogens (tertiary/aromatic N) is 2. The van der Waals surface area contributed by atoms with Gasteiger partial charge in [-0.2, -0.15) is 5.26 Å². The van der Waals surface area contributed by atoms with E-state index in [1.54, 1.807) is 42.5 Å². The monoisotopic (exact) mass is 397 g/mol. The highest BCUT2D eigenvalue weighted by atomic mass is 79.9. The van der Waals surface area contributed by atoms with E-state index in [0.29, 0.717) is 15.7 Å². The Labute approximate surface area is 152 Å². The van der Waals surface area contributed by atoms with Crippen molar-refractivity contribution in [2.24, 2.45) is 0 Å². The fourth-order valence-electron chi connectivity index (χ4n) is 1.96. The molecule has 124 valence electrons. The molecule has 0 radical (unpaired) electrons. The van der Waals surface area contributed by atoms with Crippen LogP contribution in [0.1, 0.15) is 5.56 Å². The zero-order valence-electron chi connectivity index (χ0n) is 12.8. The molecule has 0 fully saturated rings. The highest BCUT2D eigenvalue weighted by Gasteiger charge is 2.11. The maximum atomic E-state index is 12.1. The fraction of sp³-hybridized carbons (Fsp3) is 0. The molecule has 0 spiro atoms. The van der Waals surface area contributed by atoms with E-state index in [9.17, 15) is 14.9 Å². The first kappa shape index (κ1) is 18.1. The van der Waals surface area contributed by atoms with Crippen LogP contribution in [0, 0.1) is 21.4 Å². The predicted molar refractivity (Wildman–Crippen MR) is 98.6 cm³/mol. The highest BCUT2D eigenvalue weighted by Crippen LogP contribution is 2.22. The van der Waals surface area contributed by atoms with Crippen molar-refractivity contribution in [3.05, 3.63) is 86.4 Å². The van der Waals surface area contributed by atoms with Gasteiger partial charge >= 0.3 is 0 Å². The number of carbonyl (C=O) groups excluding carboxylic acids is 1. The summed E-state index contributed by atoms with van der Waals surface area (Å²) in [6.07, 6.45) is 4.21. The third-order valence-corrected chi connectivity index (χ3v) is 3.85. The number of carbonyl (C=O) groups is 1. The van der Waals surface area contributed by atoms with Crippen LogP contribution in [0.3, 0.4) is 0 Å². The van der Waals surface area contributed by atoms with Gasteiger partial charge in [0, 0.05) is 10.5 Å². The molecule has 1 amide bonds. The molecule has 6 nitrogen and oxygen atoms in total. The number of hydrogen-bond acceptors (Lipinski definition) is 4. The van der Waals surface area contributed by atoms with Gasteiger partial charge in [0.05, 0.1) is 16.2 Å². The third-order valence-electron chi connectivity index (χ3n) is 3.16. The molecule has 2 aromatic rings. The summed E-state index contributed by atoms with van der Waals surface area (Å²) >= 11 is 3.31. The minimum Gasteiger partial charge on any atom is -0.320 e. The number of hydrogen-bond donors (Lipinski definition) is 1. The molecule has 2 aromatic carbocycles. The van der Waals surface area contributed by atoms with E-state index in [-0.39, 0.29) is 11.3 Å². The SMILES string of the molecule is N#CC(=CC=Cc1ccccc1[N+](=O)[O-])C(=O)Nc1ccccc1Br. The van der Waals surface area contributed by atoms with Crippen LogP contribution in [-0.4, -0.2) is 10.8 Å². The standard InChI is InChI=1S/C18H12BrN3O3/c19-15-9-2-3-10-16(15)21-18(23)14(12-20)8-5-7-13-6-1-4-11-17(13)22(24)25/h1-11H,(H,21,23). The number of allylic oxidation sites excluding steroid dienone is 2. The van der Waals surface area contributed by atoms with Gasteiger partial charge in [-0.05, 0) is 46.3 Å². The van der Waals surface area contributed by atoms with Gasteiger partial charge in [0.1, 0.15) is 11.6 Å². The Hall–Kier alpha value is -3.24. The molecule has 1 N–H and O–H groups in total. The van der Waals surface area contributed by atoms with E-state index >= 15 is 0 Å². The Morgan fingerprint density at radius 2 is 1.88 bits per heavy atom. The summed E-state index contributed by atoms with van der Waals surface area (Å²) in [6.45, 7) is 0. The highest BCUT2D eigenvalue weighted by molar-refractivity contribution is 9.10. The van der Waals surface area contributed by atoms with E-state index in [1.165, 1.54) is 24.3 Å². The number of para-hydroxylation sites is 2. The fourth-order valence-corrected chi connectivity index (χ4v) is 2.34. The number of nitro benzene ring substituents is 1. The molecule has 7 heteroatoms. The lowest BCUT2D eigenvalue weighted by Crippen LogP contribution is -2.13. The Balaban J connectivity index is 2.18. The smallest absolute Gasteiger partial charge is 0.276 e. The first-order chi connectivity index (χ1) is 12.0. The summed E-state index contributed by atoms with van der Waals surface area (Å²) in [5, 5.41) is 22.7. The molecular weight excluding hydrogens is 386 g/mol. The van der Waals surface area contributed by atoms with Crippen molar-refractivity contribution in [2.45, 2.75) is 0 Å². The molecule has 0 bridgehead atoms. The molecule has 0 aromatic heterocycles. The largest absolute Gasteiger partial charge is 0.320 e. The molecule has 0 aliphatic carbocycles. The van der Waals surface area contributed by atoms with E-state index in [0.717, 1.165) is 0 Å². The zero-order chi connectivity index (χ0) is 18.2. The topological polar surface area (TPSA) is 96.0 Å². The van der Waals surface area contributed by atoms with Crippen molar-refractivity contribution < 1.29 is 9.72 Å². The summed E-state index contributed by atoms with van der Waals surface area (Å²) in [4.78, 5) is 22.6. The first-order valence-corrected chi connectivity index (χ1v) is 7.90. The predicted octanol–water partition coefficient (Wildman–Crippen LogP) is 4.46. The first-order valence-electron chi connectivity index (χ1n) is 7.10. The normalized spacial score (nSPS) is 11.1. The number of nitro groups is 1. The zero-order valence-corrected chi connectivity index (χ0v) is 14.4. The lowest BCUT2D eigenvalue weighted by molar-refractivity contribution is -0.385. The summed E-state index contributed by atoms with van der Waals surface area (Å²) in [5.41, 5.74) is 0.748. The molecule has 2 rings (SSSR count). The van der Waals surface area contributed by atoms with Gasteiger partial charge in [0.15, 0.2) is 0 Å². The van der Waals surface area contributed by atoms with Crippen LogP contribution in [-0.2, 0) is 4.79 Å². The molecule has 0 atom stereocenters. The number of benzene rings is 2. The molecule has 0 aliphatic heterocycles. The van der Waals surface area contributed by atoms with Crippen LogP contribution in [0.15, 0.2) is 70.7 Å². The van der Waals surface area contributed by atoms with Gasteiger partial charge in [-0.25, -0.2) is 0 Å². The third kappa shape index (κ3) is 4.86. The summed E-state index contributed by atoms with van der Waals surface area (Å²) in [7, 11) is 0. The van der Waals surface area contributed by atoms with E-state index < -0.39 is 10.8 Å². The number of anilines is 1. The number of rotatable bonds is 5. The van der Waals surface area contributed by atoms with Gasteiger partial charge < -0.3 is 5.32 Å². The van der Waals surface area contributed by atoms with Crippen molar-refractivity contribution in [1.82, 2.24) is 0 Å². The second kappa shape index (κ2) is 8.57. The number of nitrogens with one attached hydrogen (secondary N) is 1. The Kier molecular flexibility index (Phi) is 6.20. The minimum absolute atomic E-state index is 0.0525. The van der Waals surface area contributed by atoms with Crippen LogP contribution < -0.4 is 5.32 Å². The molecule has 25 heavy (non-hydrogen) atoms. The molecule has 0 saturated heterocycles. The number of amides is 1. The lowest BCUT2D eigenvalue weighted by atomic mass is 10.1. The van der Waals surface area contributed by atoms with Gasteiger partial charge in [-0.1, -0.05) is 30.3 Å². The van der Waals surface area contributed by atoms with Gasteiger partial charge in [-0.3, -0.25) is 14.9 Å². The molecule has 0 unspecified atom stereocenters. The molecule has 0 saturated carbocycles. The van der Waals surface area contributed by atoms with E-state index in [4.69, 9.17) is 5.26 Å². The van der Waals surface area contributed by atoms with Crippen molar-refractivity contribution in [3.63, 3.8) is 0 Å². The summed E-state index contributed by atoms with van der Waals surface area (Å²) in [5.74, 6) is -0.568. The molecule has 0 heterocycles. The van der Waals surface area contributed by atoms with Crippen LogP contribution in [0.2, 0.25) is 0 Å². The maximum Gasteiger partial charge on any atom is 0.276 e. The Bertz CT molecular complexity index is 914. The van der Waals surface area contributed by atoms with Crippen LogP contribution in [0.5, 0.6) is 0 Å². The van der Waals surface area contributed by atoms with Gasteiger partial charge in [0.25, 0.3) is 11.6 Å². The van der Waals surface area contributed by atoms with Crippen molar-refractivity contribution in [2.75, 3.05) is 5.32 Å². The van der Waals surface area contributed by atoms with Gasteiger partial charge in [0.2, 0.25) is 0 Å². The Morgan fingerprint density at radius 1 is 1.20 bits per heavy atom. The van der Waals surface area contributed by atoms with Crippen molar-refractivity contribution in [3.8, 4) is 6.07 Å². The van der Waals surface area contributed by atoms with Crippen molar-refractivity contribution >= 4 is 39.3 Å². The lowest BCUT2D eigenvalue weighted by Gasteiger charge is -2.05. The van der Waals surface area contributed by atoms with Crippen LogP contribution >= 0.6 is 15.9 Å². The Morgan fingerprint density at radius 3 is 2.56 bits per heavy atom. The molecular formula is C18H12BrN3O3. The quantitative estimate of drug-likeness (QED) is 0.264. The molecule has 0 aliphatic rings. The van der Waals surface area contributed by atoms with Crippen LogP contribution in [0.25, 0.3) is 6.08 Å². The average Bonchev–Trinajstić information content (AvgIpc) is 2.61. The number of nitriles is 1. The summed E-state index contributed by atoms with van der Waals surface area (Å²) in [6, 6.07) is 15.0. The van der Waals surface area contributed by atoms with E-state index in [2.05, 4.69) is 21.2 Å². The minimum atomic E-state index is -0.568. The van der Waals surface area contributed by atoms with Crippen molar-refractivity contribution in [1.29, 1.82) is 5.26 Å². The van der Waals surface area contributed by atoms with E-state index in [1.807, 2.05) is 6.07 Å².